The number of nitrogens with zero attached hydrogens (tertiary/aromatic N) is 6. The summed E-state index contributed by atoms with van der Waals surface area (Å²) in [4.78, 5) is 41.3. The van der Waals surface area contributed by atoms with Crippen LogP contribution in [0.2, 0.25) is 0 Å². The molecule has 0 unspecified atom stereocenters. The van der Waals surface area contributed by atoms with E-state index in [0.29, 0.717) is 17.5 Å². The van der Waals surface area contributed by atoms with Crippen LogP contribution in [-0.4, -0.2) is 74.2 Å². The molecule has 0 N–H and O–H groups in total. The van der Waals surface area contributed by atoms with E-state index in [-0.39, 0.29) is 19.3 Å². The van der Waals surface area contributed by atoms with Crippen molar-refractivity contribution < 1.29 is 23.7 Å². The molecule has 2 saturated heterocycles. The van der Waals surface area contributed by atoms with Crippen LogP contribution >= 0.6 is 0 Å². The molecule has 1 aromatic rings. The topological polar surface area (TPSA) is 107 Å². The Balaban J connectivity index is 1.46. The number of aryl methyl sites for hydroxylation is 1. The molecule has 2 fully saturated rings. The van der Waals surface area contributed by atoms with Crippen LogP contribution in [0.3, 0.4) is 0 Å². The first-order valence-electron chi connectivity index (χ1n) is 8.50. The maximum absolute atomic E-state index is 12.0. The Morgan fingerprint density at radius 3 is 2.44 bits per heavy atom. The third-order valence-corrected chi connectivity index (χ3v) is 4.98. The number of carbonyl (C=O) groups excluding carboxylic acids is 3. The Bertz CT molecular complexity index is 663. The number of imide groups is 1. The molecule has 10 heteroatoms. The highest BCUT2D eigenvalue weighted by atomic mass is 16.7. The molecular weight excluding hydrogens is 328 g/mol. The van der Waals surface area contributed by atoms with E-state index < -0.39 is 17.8 Å². The standard InChI is InChI=1S/C15H23N6O4/c1-19-17-15(16-18-19)11-5-8-21(2,9-6-11)10-7-14(24)25-20-12(22)3-4-13(20)23/h11H,3-10H2,1-2H3/q+1. The second-order valence-electron chi connectivity index (χ2n) is 7.00. The molecule has 0 saturated carbocycles. The van der Waals surface area contributed by atoms with Crippen LogP contribution in [-0.2, 0) is 26.3 Å². The van der Waals surface area contributed by atoms with E-state index in [4.69, 9.17) is 4.84 Å². The minimum absolute atomic E-state index is 0.109. The smallest absolute Gasteiger partial charge is 0.330 e. The monoisotopic (exact) mass is 351 g/mol. The summed E-state index contributed by atoms with van der Waals surface area (Å²) in [6.45, 7) is 2.41. The van der Waals surface area contributed by atoms with Crippen molar-refractivity contribution in [1.82, 2.24) is 25.3 Å². The first-order chi connectivity index (χ1) is 11.9. The van der Waals surface area contributed by atoms with Gasteiger partial charge in [-0.25, -0.2) is 4.79 Å². The van der Waals surface area contributed by atoms with Crippen LogP contribution in [0.25, 0.3) is 0 Å². The van der Waals surface area contributed by atoms with Crippen LogP contribution in [0.5, 0.6) is 0 Å². The minimum atomic E-state index is -0.541. The third kappa shape index (κ3) is 4.01. The summed E-state index contributed by atoms with van der Waals surface area (Å²) in [6, 6.07) is 0. The van der Waals surface area contributed by atoms with Gasteiger partial charge in [0.25, 0.3) is 11.8 Å². The molecule has 10 nitrogen and oxygen atoms in total. The summed E-state index contributed by atoms with van der Waals surface area (Å²) in [5.74, 6) is -0.362. The molecule has 0 spiro atoms. The summed E-state index contributed by atoms with van der Waals surface area (Å²) in [5.41, 5.74) is 0. The molecule has 0 radical (unpaired) electrons. The highest BCUT2D eigenvalue weighted by Gasteiger charge is 2.35. The van der Waals surface area contributed by atoms with Crippen molar-refractivity contribution >= 4 is 17.8 Å². The van der Waals surface area contributed by atoms with Crippen molar-refractivity contribution in [2.24, 2.45) is 7.05 Å². The molecule has 2 aliphatic rings. The van der Waals surface area contributed by atoms with Gasteiger partial charge in [0, 0.05) is 31.6 Å². The number of amides is 2. The van der Waals surface area contributed by atoms with Crippen molar-refractivity contribution in [3.63, 3.8) is 0 Å². The van der Waals surface area contributed by atoms with Crippen LogP contribution in [0, 0.1) is 0 Å². The lowest BCUT2D eigenvalue weighted by Crippen LogP contribution is -2.50. The Morgan fingerprint density at radius 2 is 1.88 bits per heavy atom. The second-order valence-corrected chi connectivity index (χ2v) is 7.00. The Labute approximate surface area is 145 Å². The Kier molecular flexibility index (Phi) is 4.80. The number of piperidine rings is 1. The van der Waals surface area contributed by atoms with Crippen molar-refractivity contribution in [2.75, 3.05) is 26.7 Å². The molecule has 136 valence electrons. The summed E-state index contributed by atoms with van der Waals surface area (Å²) >= 11 is 0. The van der Waals surface area contributed by atoms with Gasteiger partial charge in [-0.05, 0) is 5.21 Å². The van der Waals surface area contributed by atoms with Crippen molar-refractivity contribution in [2.45, 2.75) is 38.0 Å². The summed E-state index contributed by atoms with van der Waals surface area (Å²) < 4.78 is 0.744. The van der Waals surface area contributed by atoms with Crippen molar-refractivity contribution in [3.05, 3.63) is 5.82 Å². The number of carbonyl (C=O) groups is 3. The molecule has 1 aromatic heterocycles. The van der Waals surface area contributed by atoms with Gasteiger partial charge in [0.2, 0.25) is 0 Å². The molecule has 2 aliphatic heterocycles. The van der Waals surface area contributed by atoms with Gasteiger partial charge in [0.15, 0.2) is 5.82 Å². The number of rotatable bonds is 5. The molecule has 0 aliphatic carbocycles. The first kappa shape index (κ1) is 17.5. The fourth-order valence-electron chi connectivity index (χ4n) is 3.30. The van der Waals surface area contributed by atoms with Gasteiger partial charge in [-0.15, -0.1) is 15.3 Å². The van der Waals surface area contributed by atoms with Gasteiger partial charge in [-0.3, -0.25) is 9.59 Å². The molecule has 3 rings (SSSR count). The van der Waals surface area contributed by atoms with E-state index in [1.165, 1.54) is 4.80 Å². The van der Waals surface area contributed by atoms with E-state index in [1.54, 1.807) is 7.05 Å². The van der Waals surface area contributed by atoms with Crippen LogP contribution in [0.4, 0.5) is 0 Å². The zero-order valence-electron chi connectivity index (χ0n) is 14.6. The van der Waals surface area contributed by atoms with E-state index in [1.807, 2.05) is 0 Å². The van der Waals surface area contributed by atoms with Crippen LogP contribution < -0.4 is 0 Å². The lowest BCUT2D eigenvalue weighted by molar-refractivity contribution is -0.914. The predicted octanol–water partition coefficient (Wildman–Crippen LogP) is -0.469. The first-order valence-corrected chi connectivity index (χ1v) is 8.50. The van der Waals surface area contributed by atoms with Gasteiger partial charge in [-0.2, -0.15) is 4.80 Å². The molecule has 25 heavy (non-hydrogen) atoms. The quantitative estimate of drug-likeness (QED) is 0.521. The number of tetrazole rings is 1. The third-order valence-electron chi connectivity index (χ3n) is 4.98. The van der Waals surface area contributed by atoms with Crippen LogP contribution in [0.15, 0.2) is 0 Å². The van der Waals surface area contributed by atoms with E-state index in [2.05, 4.69) is 22.5 Å². The average Bonchev–Trinajstić information content (AvgIpc) is 3.14. The van der Waals surface area contributed by atoms with Gasteiger partial charge in [0.05, 0.1) is 40.2 Å². The van der Waals surface area contributed by atoms with Gasteiger partial charge in [0.1, 0.15) is 0 Å². The summed E-state index contributed by atoms with van der Waals surface area (Å²) in [6.07, 6.45) is 2.25. The van der Waals surface area contributed by atoms with E-state index in [9.17, 15) is 14.4 Å². The predicted molar refractivity (Wildman–Crippen MR) is 83.4 cm³/mol. The summed E-state index contributed by atoms with van der Waals surface area (Å²) in [7, 11) is 3.85. The lowest BCUT2D eigenvalue weighted by atomic mass is 9.94. The highest BCUT2D eigenvalue weighted by Crippen LogP contribution is 2.28. The van der Waals surface area contributed by atoms with E-state index in [0.717, 1.165) is 36.2 Å². The highest BCUT2D eigenvalue weighted by molar-refractivity contribution is 6.01. The summed E-state index contributed by atoms with van der Waals surface area (Å²) in [5, 5.41) is 12.8. The molecular formula is C15H23N6O4+. The molecule has 0 bridgehead atoms. The number of hydrogen-bond donors (Lipinski definition) is 0. The SMILES string of the molecule is Cn1nnc(C2CC[N+](C)(CCC(=O)ON3C(=O)CCC3=O)CC2)n1. The molecule has 2 amide bonds. The Hall–Kier alpha value is -2.36. The van der Waals surface area contributed by atoms with Gasteiger partial charge < -0.3 is 9.32 Å². The minimum Gasteiger partial charge on any atom is -0.330 e. The van der Waals surface area contributed by atoms with E-state index >= 15 is 0 Å². The normalized spacial score (nSPS) is 27.0. The molecule has 0 atom stereocenters. The van der Waals surface area contributed by atoms with Crippen molar-refractivity contribution in [1.29, 1.82) is 0 Å². The second kappa shape index (κ2) is 6.87. The van der Waals surface area contributed by atoms with Crippen LogP contribution in [0.1, 0.15) is 43.8 Å². The van der Waals surface area contributed by atoms with Gasteiger partial charge >= 0.3 is 5.97 Å². The zero-order chi connectivity index (χ0) is 18.0. The molecule has 3 heterocycles. The van der Waals surface area contributed by atoms with Crippen molar-refractivity contribution in [3.8, 4) is 0 Å². The average molecular weight is 351 g/mol. The Morgan fingerprint density at radius 1 is 1.24 bits per heavy atom. The number of hydrogen-bond acceptors (Lipinski definition) is 7. The fraction of sp³-hybridized carbons (Fsp3) is 0.733. The molecule has 0 aromatic carbocycles. The number of quaternary nitrogens is 1. The number of hydroxylamine groups is 2. The maximum atomic E-state index is 12.0. The fourth-order valence-corrected chi connectivity index (χ4v) is 3.30. The van der Waals surface area contributed by atoms with Gasteiger partial charge in [-0.1, -0.05) is 0 Å². The number of aromatic nitrogens is 4. The maximum Gasteiger partial charge on any atom is 0.338 e. The lowest BCUT2D eigenvalue weighted by Gasteiger charge is -2.39. The largest absolute Gasteiger partial charge is 0.338 e. The zero-order valence-corrected chi connectivity index (χ0v) is 14.6. The number of likely N-dealkylation sites (tertiary alicyclic amines) is 1.